The molecule has 0 bridgehead atoms. The second kappa shape index (κ2) is 2.54. The fraction of sp³-hybridized carbons (Fsp3) is 0. The first-order valence-electron chi connectivity index (χ1n) is 2.31. The van der Waals surface area contributed by atoms with Gasteiger partial charge in [-0.15, -0.1) is 24.0 Å². The van der Waals surface area contributed by atoms with Crippen molar-refractivity contribution in [1.29, 1.82) is 0 Å². The van der Waals surface area contributed by atoms with Crippen LogP contribution >= 0.6 is 24.0 Å². The van der Waals surface area contributed by atoms with E-state index < -0.39 is 10.0 Å². The molecule has 10 heavy (non-hydrogen) atoms. The van der Waals surface area contributed by atoms with Crippen molar-refractivity contribution in [2.75, 3.05) is 0 Å². The monoisotopic (exact) mass is 195 g/mol. The van der Waals surface area contributed by atoms with E-state index in [0.717, 1.165) is 11.3 Å². The molecule has 0 saturated heterocycles. The van der Waals surface area contributed by atoms with Gasteiger partial charge in [-0.05, 0) is 11.4 Å². The van der Waals surface area contributed by atoms with Crippen LogP contribution in [0.4, 0.5) is 0 Å². The molecular formula is C4H5NO2S3. The molecule has 0 spiro atoms. The van der Waals surface area contributed by atoms with Crippen LogP contribution in [0.25, 0.3) is 0 Å². The lowest BCUT2D eigenvalue weighted by molar-refractivity contribution is 0.598. The molecule has 0 aliphatic carbocycles. The highest BCUT2D eigenvalue weighted by atomic mass is 32.2. The first kappa shape index (κ1) is 8.06. The van der Waals surface area contributed by atoms with Gasteiger partial charge in [0.25, 0.3) is 0 Å². The molecule has 2 N–H and O–H groups in total. The average molecular weight is 195 g/mol. The molecule has 1 aromatic heterocycles. The summed E-state index contributed by atoms with van der Waals surface area (Å²) in [7, 11) is -3.55. The van der Waals surface area contributed by atoms with Gasteiger partial charge in [-0.2, -0.15) is 0 Å². The Labute approximate surface area is 68.3 Å². The fourth-order valence-corrected chi connectivity index (χ4v) is 2.80. The largest absolute Gasteiger partial charge is 0.248 e. The molecule has 0 radical (unpaired) electrons. The molecule has 0 aliphatic heterocycles. The lowest BCUT2D eigenvalue weighted by Crippen LogP contribution is -2.10. The topological polar surface area (TPSA) is 60.2 Å². The van der Waals surface area contributed by atoms with Crippen molar-refractivity contribution in [3.8, 4) is 0 Å². The summed E-state index contributed by atoms with van der Waals surface area (Å²) in [6.45, 7) is 0. The summed E-state index contributed by atoms with van der Waals surface area (Å²) in [6.07, 6.45) is 0. The van der Waals surface area contributed by atoms with Crippen LogP contribution in [0.2, 0.25) is 0 Å². The number of sulfonamides is 1. The van der Waals surface area contributed by atoms with Crippen molar-refractivity contribution in [2.24, 2.45) is 5.14 Å². The van der Waals surface area contributed by atoms with Crippen LogP contribution in [-0.2, 0) is 10.0 Å². The van der Waals surface area contributed by atoms with Gasteiger partial charge in [-0.1, -0.05) is 0 Å². The highest BCUT2D eigenvalue weighted by molar-refractivity contribution is 7.92. The third-order valence-corrected chi connectivity index (χ3v) is 3.97. The first-order chi connectivity index (χ1) is 4.52. The molecule has 1 aromatic rings. The Balaban J connectivity index is 3.32. The van der Waals surface area contributed by atoms with Crippen LogP contribution in [0.15, 0.2) is 20.6 Å². The van der Waals surface area contributed by atoms with Crippen molar-refractivity contribution in [3.63, 3.8) is 0 Å². The summed E-state index contributed by atoms with van der Waals surface area (Å²) < 4.78 is 21.4. The predicted octanol–water partition coefficient (Wildman–Crippen LogP) is 0.684. The quantitative estimate of drug-likeness (QED) is 0.647. The maximum atomic E-state index is 10.7. The molecule has 0 unspecified atom stereocenters. The van der Waals surface area contributed by atoms with E-state index in [1.54, 1.807) is 11.4 Å². The van der Waals surface area contributed by atoms with Crippen molar-refractivity contribution in [1.82, 2.24) is 0 Å². The van der Waals surface area contributed by atoms with Gasteiger partial charge in [0.1, 0.15) is 4.21 Å². The lowest BCUT2D eigenvalue weighted by atomic mass is 10.7. The molecule has 6 heteroatoms. The molecule has 0 aliphatic rings. The van der Waals surface area contributed by atoms with Gasteiger partial charge in [-0.3, -0.25) is 0 Å². The van der Waals surface area contributed by atoms with E-state index in [2.05, 4.69) is 12.6 Å². The van der Waals surface area contributed by atoms with Gasteiger partial charge in [0.15, 0.2) is 0 Å². The number of thiophene rings is 1. The molecule has 56 valence electrons. The molecule has 0 aromatic carbocycles. The minimum absolute atomic E-state index is 0.121. The van der Waals surface area contributed by atoms with E-state index >= 15 is 0 Å². The van der Waals surface area contributed by atoms with E-state index in [1.165, 1.54) is 0 Å². The van der Waals surface area contributed by atoms with Crippen molar-refractivity contribution in [2.45, 2.75) is 9.10 Å². The number of thiol groups is 1. The Morgan fingerprint density at radius 2 is 2.20 bits per heavy atom. The van der Waals surface area contributed by atoms with E-state index in [-0.39, 0.29) is 4.21 Å². The molecule has 0 amide bonds. The van der Waals surface area contributed by atoms with Gasteiger partial charge < -0.3 is 0 Å². The molecule has 0 fully saturated rings. The Morgan fingerprint density at radius 1 is 1.60 bits per heavy atom. The van der Waals surface area contributed by atoms with Crippen LogP contribution in [0, 0.1) is 0 Å². The zero-order valence-corrected chi connectivity index (χ0v) is 7.34. The van der Waals surface area contributed by atoms with Gasteiger partial charge in [0.05, 0.1) is 0 Å². The summed E-state index contributed by atoms with van der Waals surface area (Å²) in [5.41, 5.74) is 0. The minimum atomic E-state index is -3.55. The lowest BCUT2D eigenvalue weighted by Gasteiger charge is -1.91. The van der Waals surface area contributed by atoms with Crippen LogP contribution in [0.3, 0.4) is 0 Å². The second-order valence-electron chi connectivity index (χ2n) is 1.64. The van der Waals surface area contributed by atoms with Crippen molar-refractivity contribution in [3.05, 3.63) is 11.4 Å². The standard InChI is InChI=1S/C4H5NO2S3/c5-10(6,7)4-3(8)1-2-9-4/h1-2,8H,(H2,5,6,7). The molecule has 1 heterocycles. The predicted molar refractivity (Wildman–Crippen MR) is 42.9 cm³/mol. The Morgan fingerprint density at radius 3 is 2.40 bits per heavy atom. The summed E-state index contributed by atoms with van der Waals surface area (Å²) in [5.74, 6) is 0. The zero-order valence-electron chi connectivity index (χ0n) is 4.81. The maximum Gasteiger partial charge on any atom is 0.248 e. The third kappa shape index (κ3) is 1.51. The zero-order chi connectivity index (χ0) is 7.78. The van der Waals surface area contributed by atoms with Gasteiger partial charge in [0.2, 0.25) is 10.0 Å². The van der Waals surface area contributed by atoms with Gasteiger partial charge >= 0.3 is 0 Å². The maximum absolute atomic E-state index is 10.7. The molecule has 0 atom stereocenters. The smallest absolute Gasteiger partial charge is 0.224 e. The Bertz CT molecular complexity index is 326. The third-order valence-electron chi connectivity index (χ3n) is 0.869. The van der Waals surface area contributed by atoms with E-state index in [0.29, 0.717) is 4.90 Å². The highest BCUT2D eigenvalue weighted by Crippen LogP contribution is 2.23. The summed E-state index contributed by atoms with van der Waals surface area (Å²) >= 11 is 4.96. The molecule has 3 nitrogen and oxygen atoms in total. The molecule has 1 rings (SSSR count). The SMILES string of the molecule is NS(=O)(=O)c1sccc1S. The van der Waals surface area contributed by atoms with E-state index in [9.17, 15) is 8.42 Å². The molecular weight excluding hydrogens is 190 g/mol. The number of primary sulfonamides is 1. The normalized spacial score (nSPS) is 11.8. The number of rotatable bonds is 1. The van der Waals surface area contributed by atoms with Crippen LogP contribution < -0.4 is 5.14 Å². The van der Waals surface area contributed by atoms with Crippen LogP contribution in [0.1, 0.15) is 0 Å². The Hall–Kier alpha value is -0.0400. The summed E-state index contributed by atoms with van der Waals surface area (Å²) in [6, 6.07) is 1.59. The van der Waals surface area contributed by atoms with E-state index in [4.69, 9.17) is 5.14 Å². The van der Waals surface area contributed by atoms with Crippen molar-refractivity contribution >= 4 is 34.0 Å². The van der Waals surface area contributed by atoms with Crippen molar-refractivity contribution < 1.29 is 8.42 Å². The second-order valence-corrected chi connectivity index (χ2v) is 4.79. The van der Waals surface area contributed by atoms with E-state index in [1.807, 2.05) is 0 Å². The van der Waals surface area contributed by atoms with Crippen LogP contribution in [0.5, 0.6) is 0 Å². The minimum Gasteiger partial charge on any atom is -0.224 e. The van der Waals surface area contributed by atoms with Gasteiger partial charge in [0, 0.05) is 4.90 Å². The average Bonchev–Trinajstić information content (AvgIpc) is 2.11. The fourth-order valence-electron chi connectivity index (χ4n) is 0.501. The number of hydrogen-bond donors (Lipinski definition) is 2. The molecule has 0 saturated carbocycles. The van der Waals surface area contributed by atoms with Crippen LogP contribution in [-0.4, -0.2) is 8.42 Å². The van der Waals surface area contributed by atoms with Gasteiger partial charge in [-0.25, -0.2) is 13.6 Å². The number of nitrogens with two attached hydrogens (primary N) is 1. The first-order valence-corrected chi connectivity index (χ1v) is 5.18. The summed E-state index contributed by atoms with van der Waals surface area (Å²) in [5, 5.41) is 6.46. The Kier molecular flexibility index (Phi) is 2.04. The number of hydrogen-bond acceptors (Lipinski definition) is 4. The highest BCUT2D eigenvalue weighted by Gasteiger charge is 2.12. The summed E-state index contributed by atoms with van der Waals surface area (Å²) in [4.78, 5) is 0.410.